The molecule has 0 saturated carbocycles. The van der Waals surface area contributed by atoms with E-state index in [0.29, 0.717) is 16.8 Å². The van der Waals surface area contributed by atoms with E-state index >= 15 is 0 Å². The molecule has 22 heavy (non-hydrogen) atoms. The summed E-state index contributed by atoms with van der Waals surface area (Å²) in [4.78, 5) is 11.0. The summed E-state index contributed by atoms with van der Waals surface area (Å²) >= 11 is 3.42. The average molecular weight is 365 g/mol. The lowest BCUT2D eigenvalue weighted by molar-refractivity contribution is -0.152. The maximum absolute atomic E-state index is 11.0. The monoisotopic (exact) mass is 364 g/mol. The van der Waals surface area contributed by atoms with E-state index in [9.17, 15) is 4.79 Å². The number of ether oxygens (including phenoxy) is 2. The number of carbonyl (C=O) groups is 1. The Bertz CT molecular complexity index is 650. The largest absolute Gasteiger partial charge is 0.478 e. The van der Waals surface area contributed by atoms with E-state index in [1.807, 2.05) is 24.3 Å². The molecule has 4 nitrogen and oxygen atoms in total. The van der Waals surface area contributed by atoms with Gasteiger partial charge in [-0.2, -0.15) is 0 Å². The van der Waals surface area contributed by atoms with Gasteiger partial charge in [0.1, 0.15) is 17.2 Å². The lowest BCUT2D eigenvalue weighted by Gasteiger charge is -2.21. The van der Waals surface area contributed by atoms with Crippen LogP contribution in [0.2, 0.25) is 0 Å². The highest BCUT2D eigenvalue weighted by Gasteiger charge is 2.29. The summed E-state index contributed by atoms with van der Waals surface area (Å²) in [6, 6.07) is 14.6. The standard InChI is InChI=1S/C17H17BrO4/c1-17(2,16(19)20)22-14-9-7-13(8-10-14)21-15-6-4-3-5-12(15)11-18/h3-10H,11H2,1-2H3,(H,19,20). The molecule has 5 heteroatoms. The molecule has 0 heterocycles. The molecule has 0 spiro atoms. The van der Waals surface area contributed by atoms with E-state index in [1.165, 1.54) is 13.8 Å². The number of para-hydroxylation sites is 1. The third-order valence-electron chi connectivity index (χ3n) is 3.06. The number of benzene rings is 2. The minimum Gasteiger partial charge on any atom is -0.478 e. The molecule has 0 bridgehead atoms. The van der Waals surface area contributed by atoms with Gasteiger partial charge in [0.15, 0.2) is 5.60 Å². The van der Waals surface area contributed by atoms with Gasteiger partial charge in [0, 0.05) is 10.9 Å². The molecule has 0 aromatic heterocycles. The van der Waals surface area contributed by atoms with E-state index in [0.717, 1.165) is 11.3 Å². The van der Waals surface area contributed by atoms with Gasteiger partial charge in [-0.1, -0.05) is 34.1 Å². The molecule has 1 N–H and O–H groups in total. The number of carboxylic acids is 1. The van der Waals surface area contributed by atoms with Crippen LogP contribution >= 0.6 is 15.9 Å². The molecule has 0 aliphatic rings. The van der Waals surface area contributed by atoms with Crippen LogP contribution in [0.15, 0.2) is 48.5 Å². The maximum atomic E-state index is 11.0. The molecule has 116 valence electrons. The van der Waals surface area contributed by atoms with Crippen molar-refractivity contribution in [3.63, 3.8) is 0 Å². The first-order valence-electron chi connectivity index (χ1n) is 6.76. The highest BCUT2D eigenvalue weighted by molar-refractivity contribution is 9.08. The first kappa shape index (κ1) is 16.4. The van der Waals surface area contributed by atoms with Gasteiger partial charge in [-0.25, -0.2) is 4.79 Å². The Morgan fingerprint density at radius 2 is 1.68 bits per heavy atom. The maximum Gasteiger partial charge on any atom is 0.347 e. The van der Waals surface area contributed by atoms with Gasteiger partial charge in [0.2, 0.25) is 0 Å². The topological polar surface area (TPSA) is 55.8 Å². The smallest absolute Gasteiger partial charge is 0.347 e. The van der Waals surface area contributed by atoms with Crippen LogP contribution in [0.25, 0.3) is 0 Å². The van der Waals surface area contributed by atoms with Crippen molar-refractivity contribution in [2.45, 2.75) is 24.8 Å². The zero-order chi connectivity index (χ0) is 16.2. The van der Waals surface area contributed by atoms with E-state index in [2.05, 4.69) is 15.9 Å². The SMILES string of the molecule is CC(C)(Oc1ccc(Oc2ccccc2CBr)cc1)C(=O)O. The Morgan fingerprint density at radius 3 is 2.27 bits per heavy atom. The third kappa shape index (κ3) is 4.01. The van der Waals surface area contributed by atoms with Crippen LogP contribution in [0.4, 0.5) is 0 Å². The minimum absolute atomic E-state index is 0.480. The van der Waals surface area contributed by atoms with Gasteiger partial charge in [0.05, 0.1) is 0 Å². The summed E-state index contributed by atoms with van der Waals surface area (Å²) in [5.74, 6) is 0.903. The highest BCUT2D eigenvalue weighted by Crippen LogP contribution is 2.29. The Hall–Kier alpha value is -2.01. The van der Waals surface area contributed by atoms with Crippen molar-refractivity contribution in [2.24, 2.45) is 0 Å². The number of alkyl halides is 1. The normalized spacial score (nSPS) is 11.0. The molecular formula is C17H17BrO4. The van der Waals surface area contributed by atoms with Gasteiger partial charge in [0.25, 0.3) is 0 Å². The summed E-state index contributed by atoms with van der Waals surface area (Å²) in [6.07, 6.45) is 0. The van der Waals surface area contributed by atoms with Crippen LogP contribution in [0.1, 0.15) is 19.4 Å². The predicted molar refractivity (Wildman–Crippen MR) is 87.9 cm³/mol. The molecule has 0 aliphatic carbocycles. The van der Waals surface area contributed by atoms with E-state index in [-0.39, 0.29) is 0 Å². The van der Waals surface area contributed by atoms with Crippen LogP contribution in [-0.4, -0.2) is 16.7 Å². The predicted octanol–water partition coefficient (Wildman–Crippen LogP) is 4.62. The summed E-state index contributed by atoms with van der Waals surface area (Å²) in [5, 5.41) is 9.76. The number of halogens is 1. The Kier molecular flexibility index (Phi) is 5.08. The van der Waals surface area contributed by atoms with E-state index in [1.54, 1.807) is 24.3 Å². The molecule has 2 aromatic carbocycles. The van der Waals surface area contributed by atoms with Gasteiger partial charge in [-0.3, -0.25) is 0 Å². The molecule has 0 amide bonds. The van der Waals surface area contributed by atoms with Crippen molar-refractivity contribution in [1.29, 1.82) is 0 Å². The van der Waals surface area contributed by atoms with Gasteiger partial charge in [-0.15, -0.1) is 0 Å². The summed E-state index contributed by atoms with van der Waals surface area (Å²) in [7, 11) is 0. The Morgan fingerprint density at radius 1 is 1.09 bits per heavy atom. The third-order valence-corrected chi connectivity index (χ3v) is 3.66. The van der Waals surface area contributed by atoms with Crippen molar-refractivity contribution in [3.8, 4) is 17.2 Å². The number of hydrogen-bond acceptors (Lipinski definition) is 3. The minimum atomic E-state index is -1.27. The zero-order valence-electron chi connectivity index (χ0n) is 12.4. The number of rotatable bonds is 6. The summed E-state index contributed by atoms with van der Waals surface area (Å²) in [5.41, 5.74) is -0.222. The first-order chi connectivity index (χ1) is 10.4. The Labute approximate surface area is 137 Å². The van der Waals surface area contributed by atoms with E-state index < -0.39 is 11.6 Å². The molecule has 0 aliphatic heterocycles. The lowest BCUT2D eigenvalue weighted by Crippen LogP contribution is -2.37. The van der Waals surface area contributed by atoms with Crippen molar-refractivity contribution >= 4 is 21.9 Å². The summed E-state index contributed by atoms with van der Waals surface area (Å²) in [6.45, 7) is 3.01. The fourth-order valence-electron chi connectivity index (χ4n) is 1.75. The number of hydrogen-bond donors (Lipinski definition) is 1. The molecule has 0 saturated heterocycles. The van der Waals surface area contributed by atoms with Crippen molar-refractivity contribution in [3.05, 3.63) is 54.1 Å². The molecule has 0 radical (unpaired) electrons. The second-order valence-corrected chi connectivity index (χ2v) is 5.79. The van der Waals surface area contributed by atoms with Crippen molar-refractivity contribution in [2.75, 3.05) is 0 Å². The van der Waals surface area contributed by atoms with Crippen molar-refractivity contribution in [1.82, 2.24) is 0 Å². The fourth-order valence-corrected chi connectivity index (χ4v) is 2.22. The molecule has 0 unspecified atom stereocenters. The summed E-state index contributed by atoms with van der Waals surface area (Å²) < 4.78 is 11.3. The van der Waals surface area contributed by atoms with Crippen LogP contribution < -0.4 is 9.47 Å². The van der Waals surface area contributed by atoms with Crippen molar-refractivity contribution < 1.29 is 19.4 Å². The van der Waals surface area contributed by atoms with Crippen LogP contribution in [0.5, 0.6) is 17.2 Å². The Balaban J connectivity index is 2.11. The lowest BCUT2D eigenvalue weighted by atomic mass is 10.1. The van der Waals surface area contributed by atoms with Gasteiger partial charge < -0.3 is 14.6 Å². The number of carboxylic acid groups (broad SMARTS) is 1. The van der Waals surface area contributed by atoms with Crippen LogP contribution in [0.3, 0.4) is 0 Å². The van der Waals surface area contributed by atoms with E-state index in [4.69, 9.17) is 14.6 Å². The molecule has 2 rings (SSSR count). The molecule has 0 fully saturated rings. The van der Waals surface area contributed by atoms with Crippen LogP contribution in [-0.2, 0) is 10.1 Å². The first-order valence-corrected chi connectivity index (χ1v) is 7.89. The van der Waals surface area contributed by atoms with Gasteiger partial charge >= 0.3 is 5.97 Å². The number of aliphatic carboxylic acids is 1. The molecule has 2 aromatic rings. The fraction of sp³-hybridized carbons (Fsp3) is 0.235. The molecule has 0 atom stereocenters. The second-order valence-electron chi connectivity index (χ2n) is 5.23. The zero-order valence-corrected chi connectivity index (χ0v) is 14.0. The van der Waals surface area contributed by atoms with Crippen LogP contribution in [0, 0.1) is 0 Å². The molecular weight excluding hydrogens is 348 g/mol. The average Bonchev–Trinajstić information content (AvgIpc) is 2.49. The quantitative estimate of drug-likeness (QED) is 0.760. The second kappa shape index (κ2) is 6.83. The highest BCUT2D eigenvalue weighted by atomic mass is 79.9. The van der Waals surface area contributed by atoms with Gasteiger partial charge in [-0.05, 0) is 44.2 Å².